The van der Waals surface area contributed by atoms with Crippen LogP contribution >= 0.6 is 0 Å². The van der Waals surface area contributed by atoms with Crippen LogP contribution in [-0.4, -0.2) is 0 Å². The van der Waals surface area contributed by atoms with Gasteiger partial charge in [0, 0.05) is 6.42 Å². The molecule has 0 nitrogen and oxygen atoms in total. The SMILES string of the molecule is CC1=Cc2c(-c3ccc(C(C)(C)C)cc3)ccc(C)c2[CH]1. The number of fused-ring (bicyclic) bond motifs is 1. The van der Waals surface area contributed by atoms with E-state index in [1.165, 1.54) is 39.0 Å². The van der Waals surface area contributed by atoms with Crippen molar-refractivity contribution < 1.29 is 0 Å². The van der Waals surface area contributed by atoms with E-state index in [0.29, 0.717) is 0 Å². The Morgan fingerprint density at radius 2 is 1.43 bits per heavy atom. The topological polar surface area (TPSA) is 0 Å². The smallest absolute Gasteiger partial charge is 0.0164 e. The maximum absolute atomic E-state index is 2.30. The lowest BCUT2D eigenvalue weighted by molar-refractivity contribution is 0.590. The molecule has 0 aliphatic heterocycles. The molecule has 0 heterocycles. The lowest BCUT2D eigenvalue weighted by atomic mass is 9.85. The number of benzene rings is 2. The largest absolute Gasteiger partial charge is 0.0642 e. The van der Waals surface area contributed by atoms with Crippen molar-refractivity contribution in [3.05, 3.63) is 70.6 Å². The van der Waals surface area contributed by atoms with Gasteiger partial charge in [-0.25, -0.2) is 0 Å². The Bertz CT molecular complexity index is 707. The molecular weight excluding hydrogens is 252 g/mol. The van der Waals surface area contributed by atoms with Crippen LogP contribution in [-0.2, 0) is 5.41 Å². The van der Waals surface area contributed by atoms with E-state index >= 15 is 0 Å². The van der Waals surface area contributed by atoms with Gasteiger partial charge in [-0.15, -0.1) is 0 Å². The summed E-state index contributed by atoms with van der Waals surface area (Å²) in [4.78, 5) is 0. The normalized spacial score (nSPS) is 14.0. The van der Waals surface area contributed by atoms with Gasteiger partial charge in [-0.3, -0.25) is 0 Å². The third-order valence-corrected chi connectivity index (χ3v) is 4.31. The summed E-state index contributed by atoms with van der Waals surface area (Å²) >= 11 is 0. The van der Waals surface area contributed by atoms with Crippen LogP contribution in [0.2, 0.25) is 0 Å². The van der Waals surface area contributed by atoms with Gasteiger partial charge in [-0.05, 0) is 52.6 Å². The highest BCUT2D eigenvalue weighted by Gasteiger charge is 2.18. The number of rotatable bonds is 1. The van der Waals surface area contributed by atoms with Crippen molar-refractivity contribution in [2.24, 2.45) is 0 Å². The summed E-state index contributed by atoms with van der Waals surface area (Å²) in [5.41, 5.74) is 9.68. The standard InChI is InChI=1S/C21H23/c1-14-12-19-15(2)6-11-18(20(19)13-14)16-7-9-17(10-8-16)21(3,4)5/h6-13H,1-5H3. The first-order valence-electron chi connectivity index (χ1n) is 7.64. The Balaban J connectivity index is 2.08. The molecule has 2 aromatic rings. The van der Waals surface area contributed by atoms with Crippen LogP contribution in [0.4, 0.5) is 0 Å². The molecule has 21 heavy (non-hydrogen) atoms. The van der Waals surface area contributed by atoms with Crippen molar-refractivity contribution >= 4 is 6.08 Å². The van der Waals surface area contributed by atoms with Crippen molar-refractivity contribution in [3.63, 3.8) is 0 Å². The fraction of sp³-hybridized carbons (Fsp3) is 0.286. The molecule has 0 heteroatoms. The minimum atomic E-state index is 0.206. The lowest BCUT2D eigenvalue weighted by Gasteiger charge is -2.19. The van der Waals surface area contributed by atoms with Crippen LogP contribution in [0.1, 0.15) is 49.9 Å². The van der Waals surface area contributed by atoms with Gasteiger partial charge in [0.25, 0.3) is 0 Å². The maximum Gasteiger partial charge on any atom is 0.0164 e. The minimum absolute atomic E-state index is 0.206. The van der Waals surface area contributed by atoms with E-state index in [9.17, 15) is 0 Å². The Morgan fingerprint density at radius 1 is 0.762 bits per heavy atom. The molecule has 0 saturated heterocycles. The number of hydrogen-bond acceptors (Lipinski definition) is 0. The zero-order chi connectivity index (χ0) is 15.2. The van der Waals surface area contributed by atoms with Crippen LogP contribution < -0.4 is 0 Å². The molecule has 2 aromatic carbocycles. The molecule has 0 N–H and O–H groups in total. The Hall–Kier alpha value is -1.82. The molecule has 0 spiro atoms. The average Bonchev–Trinajstić information content (AvgIpc) is 2.81. The minimum Gasteiger partial charge on any atom is -0.0642 e. The quantitative estimate of drug-likeness (QED) is 0.605. The van der Waals surface area contributed by atoms with Crippen LogP contribution in [0, 0.1) is 13.3 Å². The van der Waals surface area contributed by atoms with Crippen molar-refractivity contribution in [1.29, 1.82) is 0 Å². The van der Waals surface area contributed by atoms with Crippen molar-refractivity contribution in [3.8, 4) is 11.1 Å². The molecular formula is C21H23. The molecule has 3 rings (SSSR count). The summed E-state index contributed by atoms with van der Waals surface area (Å²) in [6, 6.07) is 13.5. The zero-order valence-electron chi connectivity index (χ0n) is 13.6. The fourth-order valence-electron chi connectivity index (χ4n) is 2.99. The molecule has 1 aliphatic carbocycles. The van der Waals surface area contributed by atoms with Gasteiger partial charge in [0.2, 0.25) is 0 Å². The summed E-state index contributed by atoms with van der Waals surface area (Å²) in [5.74, 6) is 0. The Kier molecular flexibility index (Phi) is 3.28. The maximum atomic E-state index is 2.30. The molecule has 1 aliphatic rings. The second-order valence-electron chi connectivity index (χ2n) is 7.12. The molecule has 107 valence electrons. The summed E-state index contributed by atoms with van der Waals surface area (Å²) in [7, 11) is 0. The molecule has 0 amide bonds. The van der Waals surface area contributed by atoms with Gasteiger partial charge in [0.15, 0.2) is 0 Å². The third-order valence-electron chi connectivity index (χ3n) is 4.31. The third kappa shape index (κ3) is 2.55. The monoisotopic (exact) mass is 275 g/mol. The highest BCUT2D eigenvalue weighted by Crippen LogP contribution is 2.37. The van der Waals surface area contributed by atoms with Gasteiger partial charge in [0.05, 0.1) is 0 Å². The van der Waals surface area contributed by atoms with Gasteiger partial charge in [-0.1, -0.05) is 68.8 Å². The number of hydrogen-bond donors (Lipinski definition) is 0. The molecule has 0 saturated carbocycles. The van der Waals surface area contributed by atoms with E-state index in [1.807, 2.05) is 0 Å². The Morgan fingerprint density at radius 3 is 2.05 bits per heavy atom. The average molecular weight is 275 g/mol. The first kappa shape index (κ1) is 14.1. The van der Waals surface area contributed by atoms with E-state index in [0.717, 1.165) is 0 Å². The zero-order valence-corrected chi connectivity index (χ0v) is 13.6. The fourth-order valence-corrected chi connectivity index (χ4v) is 2.99. The lowest BCUT2D eigenvalue weighted by Crippen LogP contribution is -2.10. The first-order chi connectivity index (χ1) is 9.86. The summed E-state index contributed by atoms with van der Waals surface area (Å²) in [6.45, 7) is 11.1. The molecule has 0 fully saturated rings. The van der Waals surface area contributed by atoms with Gasteiger partial charge in [-0.2, -0.15) is 0 Å². The molecule has 0 aromatic heterocycles. The first-order valence-corrected chi connectivity index (χ1v) is 7.64. The number of allylic oxidation sites excluding steroid dienone is 1. The number of aryl methyl sites for hydroxylation is 1. The summed E-state index contributed by atoms with van der Waals surface area (Å²) < 4.78 is 0. The molecule has 0 atom stereocenters. The van der Waals surface area contributed by atoms with E-state index < -0.39 is 0 Å². The predicted octanol–water partition coefficient (Wildman–Crippen LogP) is 5.93. The summed E-state index contributed by atoms with van der Waals surface area (Å²) in [5, 5.41) is 0. The van der Waals surface area contributed by atoms with Crippen molar-refractivity contribution in [2.45, 2.75) is 40.0 Å². The highest BCUT2D eigenvalue weighted by molar-refractivity contribution is 5.84. The second-order valence-corrected chi connectivity index (χ2v) is 7.12. The van der Waals surface area contributed by atoms with Crippen molar-refractivity contribution in [1.82, 2.24) is 0 Å². The van der Waals surface area contributed by atoms with Crippen LogP contribution in [0.3, 0.4) is 0 Å². The van der Waals surface area contributed by atoms with Crippen molar-refractivity contribution in [2.75, 3.05) is 0 Å². The van der Waals surface area contributed by atoms with E-state index in [1.54, 1.807) is 0 Å². The van der Waals surface area contributed by atoms with Crippen LogP contribution in [0.25, 0.3) is 17.2 Å². The van der Waals surface area contributed by atoms with E-state index in [2.05, 4.69) is 83.5 Å². The van der Waals surface area contributed by atoms with E-state index in [-0.39, 0.29) is 5.41 Å². The van der Waals surface area contributed by atoms with Gasteiger partial charge in [0.1, 0.15) is 0 Å². The van der Waals surface area contributed by atoms with E-state index in [4.69, 9.17) is 0 Å². The Labute approximate surface area is 128 Å². The van der Waals surface area contributed by atoms with Gasteiger partial charge < -0.3 is 0 Å². The van der Waals surface area contributed by atoms with Crippen LogP contribution in [0.5, 0.6) is 0 Å². The summed E-state index contributed by atoms with van der Waals surface area (Å²) in [6.07, 6.45) is 4.59. The predicted molar refractivity (Wildman–Crippen MR) is 92.4 cm³/mol. The molecule has 1 radical (unpaired) electrons. The molecule has 0 unspecified atom stereocenters. The van der Waals surface area contributed by atoms with Gasteiger partial charge >= 0.3 is 0 Å². The highest BCUT2D eigenvalue weighted by atomic mass is 14.2. The van der Waals surface area contributed by atoms with Crippen LogP contribution in [0.15, 0.2) is 42.0 Å². The second kappa shape index (κ2) is 4.87. The molecule has 0 bridgehead atoms.